The molecule has 3 nitrogen and oxygen atoms in total. The predicted octanol–water partition coefficient (Wildman–Crippen LogP) is 3.31. The van der Waals surface area contributed by atoms with Crippen LogP contribution >= 0.6 is 0 Å². The molecular formula is C12H12N2O. The summed E-state index contributed by atoms with van der Waals surface area (Å²) < 4.78 is 0. The topological polar surface area (TPSA) is 45.2 Å². The third-order valence-corrected chi connectivity index (χ3v) is 3.21. The van der Waals surface area contributed by atoms with Crippen molar-refractivity contribution in [2.45, 2.75) is 25.3 Å². The molecule has 0 bridgehead atoms. The summed E-state index contributed by atoms with van der Waals surface area (Å²) in [6.45, 7) is 0. The van der Waals surface area contributed by atoms with Gasteiger partial charge in [-0.25, -0.2) is 0 Å². The highest BCUT2D eigenvalue weighted by molar-refractivity contribution is 5.85. The van der Waals surface area contributed by atoms with Crippen molar-refractivity contribution in [2.75, 3.05) is 0 Å². The van der Waals surface area contributed by atoms with Gasteiger partial charge in [0.15, 0.2) is 0 Å². The first-order valence-electron chi connectivity index (χ1n) is 5.32. The molecule has 1 aromatic carbocycles. The molecule has 15 heavy (non-hydrogen) atoms. The van der Waals surface area contributed by atoms with Gasteiger partial charge in [0.1, 0.15) is 6.04 Å². The van der Waals surface area contributed by atoms with Gasteiger partial charge in [0.2, 0.25) is 0 Å². The fraction of sp³-hybridized carbons (Fsp3) is 0.333. The molecule has 1 heterocycles. The first-order valence-corrected chi connectivity index (χ1v) is 5.32. The van der Waals surface area contributed by atoms with Crippen LogP contribution in [0, 0.1) is 4.91 Å². The average Bonchev–Trinajstić information content (AvgIpc) is 2.67. The molecule has 1 aliphatic carbocycles. The van der Waals surface area contributed by atoms with Crippen molar-refractivity contribution in [1.29, 1.82) is 0 Å². The molecular weight excluding hydrogens is 188 g/mol. The second kappa shape index (κ2) is 3.19. The number of hydrogen-bond donors (Lipinski definition) is 1. The Kier molecular flexibility index (Phi) is 1.84. The standard InChI is InChI=1S/C12H12N2O/c15-14-11-7-3-5-9-8-4-1-2-6-10(8)13-12(9)11/h1-2,4,6,11,13H,3,5,7H2. The highest BCUT2D eigenvalue weighted by atomic mass is 16.3. The van der Waals surface area contributed by atoms with Crippen molar-refractivity contribution >= 4 is 10.9 Å². The Bertz CT molecular complexity index is 515. The van der Waals surface area contributed by atoms with Crippen molar-refractivity contribution in [2.24, 2.45) is 5.18 Å². The maximum atomic E-state index is 10.7. The van der Waals surface area contributed by atoms with E-state index >= 15 is 0 Å². The van der Waals surface area contributed by atoms with Gasteiger partial charge in [-0.15, -0.1) is 0 Å². The molecule has 0 radical (unpaired) electrons. The highest BCUT2D eigenvalue weighted by Gasteiger charge is 2.24. The lowest BCUT2D eigenvalue weighted by Crippen LogP contribution is -2.06. The second-order valence-corrected chi connectivity index (χ2v) is 4.08. The Morgan fingerprint density at radius 3 is 3.07 bits per heavy atom. The third kappa shape index (κ3) is 1.19. The van der Waals surface area contributed by atoms with Gasteiger partial charge in [-0.05, 0) is 30.9 Å². The molecule has 1 aliphatic rings. The quantitative estimate of drug-likeness (QED) is 0.705. The van der Waals surface area contributed by atoms with Crippen LogP contribution < -0.4 is 0 Å². The minimum absolute atomic E-state index is 0.166. The number of fused-ring (bicyclic) bond motifs is 3. The van der Waals surface area contributed by atoms with E-state index in [2.05, 4.69) is 22.3 Å². The van der Waals surface area contributed by atoms with E-state index in [0.717, 1.165) is 30.5 Å². The zero-order chi connectivity index (χ0) is 10.3. The van der Waals surface area contributed by atoms with Crippen molar-refractivity contribution in [3.63, 3.8) is 0 Å². The Hall–Kier alpha value is -1.64. The molecule has 1 aromatic heterocycles. The van der Waals surface area contributed by atoms with Crippen molar-refractivity contribution in [3.8, 4) is 0 Å². The molecule has 1 N–H and O–H groups in total. The molecule has 0 aliphatic heterocycles. The zero-order valence-corrected chi connectivity index (χ0v) is 8.36. The number of nitroso groups, excluding NO2 is 1. The third-order valence-electron chi connectivity index (χ3n) is 3.21. The minimum Gasteiger partial charge on any atom is -0.356 e. The number of H-pyrrole nitrogens is 1. The molecule has 1 atom stereocenters. The lowest BCUT2D eigenvalue weighted by atomic mass is 9.92. The van der Waals surface area contributed by atoms with Crippen LogP contribution in [-0.4, -0.2) is 4.98 Å². The number of nitrogens with zero attached hydrogens (tertiary/aromatic N) is 1. The number of rotatable bonds is 1. The fourth-order valence-electron chi connectivity index (χ4n) is 2.50. The summed E-state index contributed by atoms with van der Waals surface area (Å²) in [6.07, 6.45) is 3.00. The van der Waals surface area contributed by atoms with E-state index in [1.54, 1.807) is 0 Å². The van der Waals surface area contributed by atoms with Crippen LogP contribution in [0.1, 0.15) is 30.1 Å². The molecule has 76 valence electrons. The Balaban J connectivity index is 2.28. The van der Waals surface area contributed by atoms with Gasteiger partial charge in [-0.1, -0.05) is 23.4 Å². The van der Waals surface area contributed by atoms with Gasteiger partial charge in [-0.3, -0.25) is 0 Å². The Labute approximate surface area is 87.5 Å². The molecule has 0 saturated heterocycles. The minimum atomic E-state index is -0.166. The van der Waals surface area contributed by atoms with Crippen LogP contribution in [0.2, 0.25) is 0 Å². The summed E-state index contributed by atoms with van der Waals surface area (Å²) in [5.74, 6) is 0. The Morgan fingerprint density at radius 1 is 1.33 bits per heavy atom. The van der Waals surface area contributed by atoms with Crippen LogP contribution in [-0.2, 0) is 6.42 Å². The van der Waals surface area contributed by atoms with Gasteiger partial charge in [0.05, 0.1) is 0 Å². The summed E-state index contributed by atoms with van der Waals surface area (Å²) >= 11 is 0. The highest BCUT2D eigenvalue weighted by Crippen LogP contribution is 2.36. The van der Waals surface area contributed by atoms with Gasteiger partial charge in [0.25, 0.3) is 0 Å². The summed E-state index contributed by atoms with van der Waals surface area (Å²) in [4.78, 5) is 14.1. The van der Waals surface area contributed by atoms with E-state index in [-0.39, 0.29) is 6.04 Å². The van der Waals surface area contributed by atoms with E-state index in [9.17, 15) is 4.91 Å². The number of para-hydroxylation sites is 1. The largest absolute Gasteiger partial charge is 0.356 e. The molecule has 1 unspecified atom stereocenters. The summed E-state index contributed by atoms with van der Waals surface area (Å²) in [7, 11) is 0. The van der Waals surface area contributed by atoms with Gasteiger partial charge in [0, 0.05) is 16.6 Å². The molecule has 0 amide bonds. The summed E-state index contributed by atoms with van der Waals surface area (Å²) in [6, 6.07) is 8.04. The van der Waals surface area contributed by atoms with E-state index < -0.39 is 0 Å². The van der Waals surface area contributed by atoms with Gasteiger partial charge < -0.3 is 4.98 Å². The van der Waals surface area contributed by atoms with Crippen LogP contribution in [0.25, 0.3) is 10.9 Å². The Morgan fingerprint density at radius 2 is 2.20 bits per heavy atom. The summed E-state index contributed by atoms with van der Waals surface area (Å²) in [5.41, 5.74) is 3.46. The first-order chi connectivity index (χ1) is 7.40. The molecule has 3 rings (SSSR count). The average molecular weight is 200 g/mol. The van der Waals surface area contributed by atoms with E-state index in [0.29, 0.717) is 0 Å². The predicted molar refractivity (Wildman–Crippen MR) is 59.8 cm³/mol. The van der Waals surface area contributed by atoms with Crippen molar-refractivity contribution in [3.05, 3.63) is 40.4 Å². The number of aromatic amines is 1. The first kappa shape index (κ1) is 8.65. The normalized spacial score (nSPS) is 20.1. The van der Waals surface area contributed by atoms with Gasteiger partial charge in [-0.2, -0.15) is 4.91 Å². The SMILES string of the molecule is O=NC1CCCc2c1[nH]c1ccccc21. The smallest absolute Gasteiger partial charge is 0.132 e. The lowest BCUT2D eigenvalue weighted by Gasteiger charge is -2.15. The van der Waals surface area contributed by atoms with E-state index in [1.807, 2.05) is 12.1 Å². The molecule has 0 fully saturated rings. The van der Waals surface area contributed by atoms with Crippen LogP contribution in [0.4, 0.5) is 0 Å². The van der Waals surface area contributed by atoms with Gasteiger partial charge >= 0.3 is 0 Å². The molecule has 3 heteroatoms. The van der Waals surface area contributed by atoms with Crippen LogP contribution in [0.15, 0.2) is 29.4 Å². The zero-order valence-electron chi connectivity index (χ0n) is 8.36. The molecule has 0 saturated carbocycles. The number of hydrogen-bond acceptors (Lipinski definition) is 2. The number of aromatic nitrogens is 1. The maximum absolute atomic E-state index is 10.7. The number of nitrogens with one attached hydrogen (secondary N) is 1. The van der Waals surface area contributed by atoms with Crippen LogP contribution in [0.5, 0.6) is 0 Å². The number of benzene rings is 1. The molecule has 2 aromatic rings. The van der Waals surface area contributed by atoms with E-state index in [4.69, 9.17) is 0 Å². The molecule has 0 spiro atoms. The lowest BCUT2D eigenvalue weighted by molar-refractivity contribution is 0.561. The van der Waals surface area contributed by atoms with Crippen molar-refractivity contribution < 1.29 is 0 Å². The van der Waals surface area contributed by atoms with Crippen LogP contribution in [0.3, 0.4) is 0 Å². The second-order valence-electron chi connectivity index (χ2n) is 4.08. The van der Waals surface area contributed by atoms with E-state index in [1.165, 1.54) is 10.9 Å². The number of aryl methyl sites for hydroxylation is 1. The fourth-order valence-corrected chi connectivity index (χ4v) is 2.50. The van der Waals surface area contributed by atoms with Crippen molar-refractivity contribution in [1.82, 2.24) is 4.98 Å². The summed E-state index contributed by atoms with van der Waals surface area (Å²) in [5, 5.41) is 4.45. The monoisotopic (exact) mass is 200 g/mol. The maximum Gasteiger partial charge on any atom is 0.132 e.